The van der Waals surface area contributed by atoms with Crippen LogP contribution >= 0.6 is 15.6 Å². The number of esters is 4. The topological polar surface area (TPSA) is 237 Å². The lowest BCUT2D eigenvalue weighted by Crippen LogP contribution is -2.30. The Hall–Kier alpha value is -1.94. The number of phosphoric acid groups is 2. The molecule has 5 atom stereocenters. The van der Waals surface area contributed by atoms with Crippen molar-refractivity contribution in [3.63, 3.8) is 0 Å². The molecule has 0 fully saturated rings. The van der Waals surface area contributed by atoms with Crippen molar-refractivity contribution in [1.29, 1.82) is 0 Å². The summed E-state index contributed by atoms with van der Waals surface area (Å²) in [7, 11) is -9.91. The summed E-state index contributed by atoms with van der Waals surface area (Å²) in [5.41, 5.74) is 0. The molecular formula is C76H148O17P2. The summed E-state index contributed by atoms with van der Waals surface area (Å²) in [4.78, 5) is 72.7. The maximum atomic E-state index is 13.1. The second-order valence-corrected chi connectivity index (χ2v) is 31.3. The van der Waals surface area contributed by atoms with Crippen LogP contribution in [-0.2, 0) is 65.4 Å². The number of ether oxygens (including phenoxy) is 4. The molecule has 2 unspecified atom stereocenters. The zero-order valence-electron chi connectivity index (χ0n) is 62.0. The maximum Gasteiger partial charge on any atom is 0.472 e. The predicted molar refractivity (Wildman–Crippen MR) is 386 cm³/mol. The smallest absolute Gasteiger partial charge is 0.462 e. The molecular weight excluding hydrogens is 1250 g/mol. The van der Waals surface area contributed by atoms with Gasteiger partial charge in [-0.3, -0.25) is 37.3 Å². The van der Waals surface area contributed by atoms with Gasteiger partial charge < -0.3 is 33.8 Å². The number of phosphoric ester groups is 2. The van der Waals surface area contributed by atoms with E-state index in [1.165, 1.54) is 205 Å². The van der Waals surface area contributed by atoms with E-state index in [4.69, 9.17) is 37.0 Å². The van der Waals surface area contributed by atoms with Gasteiger partial charge in [-0.15, -0.1) is 0 Å². The summed E-state index contributed by atoms with van der Waals surface area (Å²) >= 11 is 0. The van der Waals surface area contributed by atoms with Crippen LogP contribution in [0.25, 0.3) is 0 Å². The van der Waals surface area contributed by atoms with Gasteiger partial charge in [0.15, 0.2) is 12.2 Å². The average molecular weight is 1400 g/mol. The van der Waals surface area contributed by atoms with Gasteiger partial charge in [-0.2, -0.15) is 0 Å². The quantitative estimate of drug-likeness (QED) is 0.0222. The average Bonchev–Trinajstić information content (AvgIpc) is 1.30. The van der Waals surface area contributed by atoms with Gasteiger partial charge in [0.1, 0.15) is 19.3 Å². The molecule has 0 saturated heterocycles. The summed E-state index contributed by atoms with van der Waals surface area (Å²) in [6.07, 6.45) is 55.8. The Balaban J connectivity index is 5.19. The number of hydrogen-bond acceptors (Lipinski definition) is 15. The third-order valence-corrected chi connectivity index (χ3v) is 19.6. The molecule has 0 radical (unpaired) electrons. The van der Waals surface area contributed by atoms with E-state index >= 15 is 0 Å². The summed E-state index contributed by atoms with van der Waals surface area (Å²) < 4.78 is 68.5. The molecule has 0 aromatic rings. The normalized spacial score (nSPS) is 14.0. The van der Waals surface area contributed by atoms with Crippen molar-refractivity contribution in [1.82, 2.24) is 0 Å². The lowest BCUT2D eigenvalue weighted by atomic mass is 10.0. The molecule has 0 aromatic heterocycles. The fourth-order valence-corrected chi connectivity index (χ4v) is 13.2. The van der Waals surface area contributed by atoms with Crippen molar-refractivity contribution in [3.8, 4) is 0 Å². The Morgan fingerprint density at radius 2 is 0.484 bits per heavy atom. The molecule has 0 heterocycles. The second-order valence-electron chi connectivity index (χ2n) is 28.3. The lowest BCUT2D eigenvalue weighted by molar-refractivity contribution is -0.161. The molecule has 0 aromatic carbocycles. The molecule has 3 N–H and O–H groups in total. The van der Waals surface area contributed by atoms with Crippen molar-refractivity contribution in [2.75, 3.05) is 39.6 Å². The van der Waals surface area contributed by atoms with Crippen molar-refractivity contribution in [2.45, 2.75) is 413 Å². The largest absolute Gasteiger partial charge is 0.472 e. The van der Waals surface area contributed by atoms with E-state index < -0.39 is 97.5 Å². The Morgan fingerprint density at radius 1 is 0.284 bits per heavy atom. The van der Waals surface area contributed by atoms with Crippen LogP contribution in [0.3, 0.4) is 0 Å². The molecule has 0 saturated carbocycles. The van der Waals surface area contributed by atoms with Crippen molar-refractivity contribution < 1.29 is 80.2 Å². The van der Waals surface area contributed by atoms with Crippen molar-refractivity contribution >= 4 is 39.5 Å². The van der Waals surface area contributed by atoms with Crippen LogP contribution in [0.4, 0.5) is 0 Å². The highest BCUT2D eigenvalue weighted by atomic mass is 31.2. The van der Waals surface area contributed by atoms with Crippen molar-refractivity contribution in [3.05, 3.63) is 0 Å². The number of aliphatic hydroxyl groups is 1. The van der Waals surface area contributed by atoms with Crippen LogP contribution in [0.2, 0.25) is 0 Å². The fraction of sp³-hybridized carbons (Fsp3) is 0.947. The van der Waals surface area contributed by atoms with Crippen LogP contribution in [-0.4, -0.2) is 96.7 Å². The third kappa shape index (κ3) is 70.3. The fourth-order valence-electron chi connectivity index (χ4n) is 11.7. The summed E-state index contributed by atoms with van der Waals surface area (Å²) in [5, 5.41) is 10.6. The molecule has 0 aliphatic rings. The van der Waals surface area contributed by atoms with Gasteiger partial charge in [-0.25, -0.2) is 9.13 Å². The second kappa shape index (κ2) is 67.9. The molecule has 0 bridgehead atoms. The number of hydrogen-bond donors (Lipinski definition) is 3. The first-order valence-corrected chi connectivity index (χ1v) is 42.5. The molecule has 17 nitrogen and oxygen atoms in total. The van der Waals surface area contributed by atoms with E-state index in [1.54, 1.807) is 0 Å². The van der Waals surface area contributed by atoms with Gasteiger partial charge in [0.2, 0.25) is 0 Å². The standard InChI is InChI=1S/C76H148O17P2/c1-7-9-11-13-15-17-19-21-22-23-24-25-26-27-28-30-32-36-40-48-54-60-75(80)92-71(64-86-73(78)58-52-46-39-35-31-29-20-18-16-14-12-10-8-2)66-90-94(82,83)88-62-70(77)63-89-95(84,85)91-67-72(65-87-74(79)59-53-47-43-42-45-51-57-69(5)6)93-76(81)61-55-49-41-37-33-34-38-44-50-56-68(3)4/h68-72,77H,7-67H2,1-6H3,(H,82,83)(H,84,85)/t70-,71-,72-/m1/s1. The first-order chi connectivity index (χ1) is 45.9. The molecule has 0 spiro atoms. The Bertz CT molecular complexity index is 1840. The summed E-state index contributed by atoms with van der Waals surface area (Å²) in [6, 6.07) is 0. The van der Waals surface area contributed by atoms with E-state index in [-0.39, 0.29) is 25.7 Å². The highest BCUT2D eigenvalue weighted by Crippen LogP contribution is 2.45. The molecule has 0 rings (SSSR count). The van der Waals surface area contributed by atoms with E-state index in [9.17, 15) is 43.2 Å². The number of rotatable bonds is 75. The minimum atomic E-state index is -4.96. The minimum absolute atomic E-state index is 0.104. The lowest BCUT2D eigenvalue weighted by Gasteiger charge is -2.21. The summed E-state index contributed by atoms with van der Waals surface area (Å²) in [6.45, 7) is 9.48. The zero-order valence-corrected chi connectivity index (χ0v) is 63.8. The van der Waals surface area contributed by atoms with E-state index in [0.29, 0.717) is 31.6 Å². The molecule has 19 heteroatoms. The zero-order chi connectivity index (χ0) is 70.0. The van der Waals surface area contributed by atoms with Crippen LogP contribution in [0.15, 0.2) is 0 Å². The van der Waals surface area contributed by atoms with Gasteiger partial charge in [0.05, 0.1) is 26.4 Å². The van der Waals surface area contributed by atoms with Gasteiger partial charge in [0, 0.05) is 25.7 Å². The first-order valence-electron chi connectivity index (χ1n) is 39.5. The van der Waals surface area contributed by atoms with Gasteiger partial charge in [-0.1, -0.05) is 343 Å². The highest BCUT2D eigenvalue weighted by Gasteiger charge is 2.30. The molecule has 564 valence electrons. The van der Waals surface area contributed by atoms with Gasteiger partial charge >= 0.3 is 39.5 Å². The number of aliphatic hydroxyl groups excluding tert-OH is 1. The van der Waals surface area contributed by atoms with E-state index in [1.807, 2.05) is 0 Å². The number of carbonyl (C=O) groups excluding carboxylic acids is 4. The van der Waals surface area contributed by atoms with Crippen LogP contribution in [0.1, 0.15) is 395 Å². The number of unbranched alkanes of at least 4 members (excludes halogenated alkanes) is 45. The first kappa shape index (κ1) is 93.1. The van der Waals surface area contributed by atoms with Crippen LogP contribution in [0.5, 0.6) is 0 Å². The minimum Gasteiger partial charge on any atom is -0.462 e. The molecule has 95 heavy (non-hydrogen) atoms. The van der Waals surface area contributed by atoms with Crippen LogP contribution in [0, 0.1) is 11.8 Å². The maximum absolute atomic E-state index is 13.1. The SMILES string of the molecule is CCCCCCCCCCCCCCCCCCCCCCCC(=O)O[C@H](COC(=O)CCCCCCCCCCCCCCC)COP(=O)(O)OC[C@@H](O)COP(=O)(O)OC[C@@H](COC(=O)CCCCCCCCC(C)C)OC(=O)CCCCCCCCCCCC(C)C. The van der Waals surface area contributed by atoms with E-state index in [2.05, 4.69) is 41.5 Å². The number of carbonyl (C=O) groups is 4. The third-order valence-electron chi connectivity index (χ3n) is 17.7. The Kier molecular flexibility index (Phi) is 66.5. The van der Waals surface area contributed by atoms with Gasteiger partial charge in [-0.05, 0) is 37.5 Å². The van der Waals surface area contributed by atoms with Gasteiger partial charge in [0.25, 0.3) is 0 Å². The van der Waals surface area contributed by atoms with E-state index in [0.717, 1.165) is 102 Å². The molecule has 0 aliphatic carbocycles. The van der Waals surface area contributed by atoms with Crippen LogP contribution < -0.4 is 0 Å². The molecule has 0 aliphatic heterocycles. The van der Waals surface area contributed by atoms with Crippen molar-refractivity contribution in [2.24, 2.45) is 11.8 Å². The predicted octanol–water partition coefficient (Wildman–Crippen LogP) is 22.3. The Labute approximate surface area is 581 Å². The monoisotopic (exact) mass is 1400 g/mol. The highest BCUT2D eigenvalue weighted by molar-refractivity contribution is 7.47. The molecule has 0 amide bonds. The Morgan fingerprint density at radius 3 is 0.716 bits per heavy atom. The summed E-state index contributed by atoms with van der Waals surface area (Å²) in [5.74, 6) is -0.703.